The van der Waals surface area contributed by atoms with Crippen LogP contribution in [0.25, 0.3) is 0 Å². The fourth-order valence-electron chi connectivity index (χ4n) is 2.68. The molecule has 1 fully saturated rings. The van der Waals surface area contributed by atoms with Crippen LogP contribution >= 0.6 is 23.2 Å². The van der Waals surface area contributed by atoms with Crippen molar-refractivity contribution in [3.63, 3.8) is 0 Å². The summed E-state index contributed by atoms with van der Waals surface area (Å²) in [6.45, 7) is 2.02. The van der Waals surface area contributed by atoms with E-state index in [1.807, 2.05) is 4.90 Å². The van der Waals surface area contributed by atoms with Crippen molar-refractivity contribution in [2.45, 2.75) is 11.4 Å². The molecule has 1 aliphatic rings. The number of aromatic nitrogens is 3. The van der Waals surface area contributed by atoms with Crippen LogP contribution in [0.5, 0.6) is 0 Å². The monoisotopic (exact) mass is 417 g/mol. The van der Waals surface area contributed by atoms with E-state index >= 15 is 0 Å². The second-order valence-electron chi connectivity index (χ2n) is 5.70. The highest BCUT2D eigenvalue weighted by Gasteiger charge is 2.30. The zero-order valence-electron chi connectivity index (χ0n) is 13.6. The summed E-state index contributed by atoms with van der Waals surface area (Å²) in [7, 11) is -3.72. The van der Waals surface area contributed by atoms with Crippen molar-refractivity contribution in [1.82, 2.24) is 24.2 Å². The topological polar surface area (TPSA) is 131 Å². The van der Waals surface area contributed by atoms with E-state index in [0.717, 1.165) is 0 Å². The molecule has 0 bridgehead atoms. The van der Waals surface area contributed by atoms with Crippen molar-refractivity contribution >= 4 is 45.1 Å². The molecule has 9 nitrogen and oxygen atoms in total. The number of nitrogens with two attached hydrogens (primary N) is 2. The lowest BCUT2D eigenvalue weighted by molar-refractivity contribution is 0.178. The van der Waals surface area contributed by atoms with E-state index < -0.39 is 10.0 Å². The zero-order chi connectivity index (χ0) is 18.9. The number of nitrogens with zero attached hydrogens (tertiary/aromatic N) is 5. The van der Waals surface area contributed by atoms with E-state index in [-0.39, 0.29) is 26.8 Å². The number of nitrogen functional groups attached to an aromatic ring is 2. The van der Waals surface area contributed by atoms with Crippen molar-refractivity contribution in [1.29, 1.82) is 0 Å². The lowest BCUT2D eigenvalue weighted by Crippen LogP contribution is -2.48. The molecular weight excluding hydrogens is 401 g/mol. The molecule has 3 rings (SSSR count). The van der Waals surface area contributed by atoms with E-state index in [4.69, 9.17) is 34.7 Å². The summed E-state index contributed by atoms with van der Waals surface area (Å²) < 4.78 is 27.0. The van der Waals surface area contributed by atoms with Gasteiger partial charge in [0.1, 0.15) is 10.7 Å². The molecule has 2 heterocycles. The molecule has 0 saturated carbocycles. The maximum Gasteiger partial charge on any atom is 0.244 e. The first-order valence-electron chi connectivity index (χ1n) is 7.70. The van der Waals surface area contributed by atoms with E-state index in [9.17, 15) is 8.42 Å². The number of anilines is 2. The number of rotatable bonds is 4. The Hall–Kier alpha value is -1.72. The molecule has 1 saturated heterocycles. The lowest BCUT2D eigenvalue weighted by atomic mass is 10.3. The van der Waals surface area contributed by atoms with E-state index in [1.54, 1.807) is 12.1 Å². The molecule has 26 heavy (non-hydrogen) atoms. The summed E-state index contributed by atoms with van der Waals surface area (Å²) in [6, 6.07) is 4.56. The average molecular weight is 418 g/mol. The molecule has 0 amide bonds. The molecular formula is C14H17Cl2N7O2S. The van der Waals surface area contributed by atoms with Crippen LogP contribution in [0.1, 0.15) is 5.82 Å². The first-order chi connectivity index (χ1) is 12.3. The third kappa shape index (κ3) is 3.99. The Morgan fingerprint density at radius 1 is 1.00 bits per heavy atom. The predicted molar refractivity (Wildman–Crippen MR) is 99.1 cm³/mol. The van der Waals surface area contributed by atoms with Gasteiger partial charge in [0.25, 0.3) is 0 Å². The summed E-state index contributed by atoms with van der Waals surface area (Å²) in [6.07, 6.45) is 0. The van der Waals surface area contributed by atoms with Gasteiger partial charge in [-0.1, -0.05) is 29.3 Å². The minimum Gasteiger partial charge on any atom is -0.368 e. The summed E-state index contributed by atoms with van der Waals surface area (Å²) in [5.74, 6) is 0.567. The first kappa shape index (κ1) is 19.1. The zero-order valence-corrected chi connectivity index (χ0v) is 16.0. The van der Waals surface area contributed by atoms with Crippen LogP contribution in [0.15, 0.2) is 23.1 Å². The summed E-state index contributed by atoms with van der Waals surface area (Å²) >= 11 is 12.0. The van der Waals surface area contributed by atoms with Gasteiger partial charge in [-0.2, -0.15) is 19.3 Å². The number of hydrogen-bond acceptors (Lipinski definition) is 8. The summed E-state index contributed by atoms with van der Waals surface area (Å²) in [4.78, 5) is 13.8. The molecule has 1 aliphatic heterocycles. The molecule has 1 aromatic carbocycles. The number of piperazine rings is 1. The van der Waals surface area contributed by atoms with Crippen molar-refractivity contribution in [2.75, 3.05) is 37.6 Å². The van der Waals surface area contributed by atoms with Crippen LogP contribution < -0.4 is 11.5 Å². The maximum atomic E-state index is 12.8. The minimum absolute atomic E-state index is 0.0122. The number of sulfonamides is 1. The van der Waals surface area contributed by atoms with Crippen LogP contribution in [0, 0.1) is 0 Å². The number of benzene rings is 1. The van der Waals surface area contributed by atoms with Gasteiger partial charge in [0, 0.05) is 26.2 Å². The Morgan fingerprint density at radius 2 is 1.62 bits per heavy atom. The molecule has 0 atom stereocenters. The van der Waals surface area contributed by atoms with Gasteiger partial charge >= 0.3 is 0 Å². The van der Waals surface area contributed by atoms with Gasteiger partial charge < -0.3 is 11.5 Å². The molecule has 0 aliphatic carbocycles. The third-order valence-electron chi connectivity index (χ3n) is 3.95. The molecule has 0 radical (unpaired) electrons. The Morgan fingerprint density at radius 3 is 2.23 bits per heavy atom. The standard InChI is InChI=1S/C14H17Cl2N7O2S/c15-9-2-1-3-10(12(9)16)26(24,25)23-6-4-22(5-7-23)8-11-19-13(17)21-14(18)20-11/h1-3H,4-8H2,(H4,17,18,19,20,21). The SMILES string of the molecule is Nc1nc(N)nc(CN2CCN(S(=O)(=O)c3cccc(Cl)c3Cl)CC2)n1. The molecule has 140 valence electrons. The highest BCUT2D eigenvalue weighted by atomic mass is 35.5. The Bertz CT molecular complexity index is 897. The molecule has 4 N–H and O–H groups in total. The van der Waals surface area contributed by atoms with Gasteiger partial charge in [-0.25, -0.2) is 8.42 Å². The fraction of sp³-hybridized carbons (Fsp3) is 0.357. The molecule has 0 unspecified atom stereocenters. The summed E-state index contributed by atoms with van der Waals surface area (Å²) in [5, 5.41) is 0.240. The van der Waals surface area contributed by atoms with Crippen molar-refractivity contribution < 1.29 is 8.42 Å². The van der Waals surface area contributed by atoms with Gasteiger partial charge in [-0.3, -0.25) is 4.90 Å². The normalized spacial score (nSPS) is 16.7. The Labute approximate surface area is 161 Å². The first-order valence-corrected chi connectivity index (χ1v) is 9.89. The van der Waals surface area contributed by atoms with Crippen LogP contribution in [-0.2, 0) is 16.6 Å². The van der Waals surface area contributed by atoms with Gasteiger partial charge in [0.05, 0.1) is 16.6 Å². The molecule has 12 heteroatoms. The van der Waals surface area contributed by atoms with Crippen molar-refractivity contribution in [2.24, 2.45) is 0 Å². The smallest absolute Gasteiger partial charge is 0.244 e. The van der Waals surface area contributed by atoms with Crippen LogP contribution in [-0.4, -0.2) is 58.8 Å². The van der Waals surface area contributed by atoms with E-state index in [1.165, 1.54) is 10.4 Å². The largest absolute Gasteiger partial charge is 0.368 e. The Kier molecular flexibility index (Phi) is 5.49. The fourth-order valence-corrected chi connectivity index (χ4v) is 4.84. The van der Waals surface area contributed by atoms with E-state index in [0.29, 0.717) is 38.5 Å². The van der Waals surface area contributed by atoms with Crippen LogP contribution in [0.2, 0.25) is 10.0 Å². The molecule has 0 spiro atoms. The van der Waals surface area contributed by atoms with Gasteiger partial charge in [-0.05, 0) is 12.1 Å². The maximum absolute atomic E-state index is 12.8. The second kappa shape index (κ2) is 7.49. The minimum atomic E-state index is -3.72. The average Bonchev–Trinajstić information content (AvgIpc) is 2.57. The molecule has 2 aromatic rings. The predicted octanol–water partition coefficient (Wildman–Crippen LogP) is 0.849. The van der Waals surface area contributed by atoms with Crippen molar-refractivity contribution in [3.8, 4) is 0 Å². The van der Waals surface area contributed by atoms with Gasteiger partial charge in [-0.15, -0.1) is 0 Å². The number of hydrogen-bond donors (Lipinski definition) is 2. The highest BCUT2D eigenvalue weighted by Crippen LogP contribution is 2.31. The lowest BCUT2D eigenvalue weighted by Gasteiger charge is -2.33. The van der Waals surface area contributed by atoms with Crippen molar-refractivity contribution in [3.05, 3.63) is 34.1 Å². The summed E-state index contributed by atoms with van der Waals surface area (Å²) in [5.41, 5.74) is 11.1. The highest BCUT2D eigenvalue weighted by molar-refractivity contribution is 7.89. The Balaban J connectivity index is 1.69. The molecule has 1 aromatic heterocycles. The van der Waals surface area contributed by atoms with Gasteiger partial charge in [0.15, 0.2) is 0 Å². The second-order valence-corrected chi connectivity index (χ2v) is 8.39. The number of halogens is 2. The van der Waals surface area contributed by atoms with E-state index in [2.05, 4.69) is 15.0 Å². The quantitative estimate of drug-likeness (QED) is 0.747. The third-order valence-corrected chi connectivity index (χ3v) is 6.82. The van der Waals surface area contributed by atoms with Crippen LogP contribution in [0.3, 0.4) is 0 Å². The van der Waals surface area contributed by atoms with Gasteiger partial charge in [0.2, 0.25) is 21.9 Å². The van der Waals surface area contributed by atoms with Crippen LogP contribution in [0.4, 0.5) is 11.9 Å².